The van der Waals surface area contributed by atoms with Crippen molar-refractivity contribution in [3.05, 3.63) is 63.3 Å². The fourth-order valence-electron chi connectivity index (χ4n) is 5.27. The standard InChI is InChI=1S/C25H30N6O2/c1-5-16-10-20-21(29-24(16)32)14(2)17(11-27-20)13-30-8-9-31(23-15(3)22(23)30)18-6-7-19(28-12-18)25(33)26-4/h6-7,10-12,15,22-23H,5,8-9,13H2,1-4H3,(H,26,33)(H,29,32)/t15-,22+,23-/m0/s1. The molecule has 0 aromatic carbocycles. The molecule has 3 aromatic rings. The zero-order valence-electron chi connectivity index (χ0n) is 19.6. The highest BCUT2D eigenvalue weighted by molar-refractivity contribution is 5.92. The van der Waals surface area contributed by atoms with Gasteiger partial charge in [0, 0.05) is 50.5 Å². The summed E-state index contributed by atoms with van der Waals surface area (Å²) in [7, 11) is 1.61. The monoisotopic (exact) mass is 446 g/mol. The molecule has 1 saturated carbocycles. The summed E-state index contributed by atoms with van der Waals surface area (Å²) in [5.41, 5.74) is 6.20. The zero-order valence-corrected chi connectivity index (χ0v) is 19.6. The van der Waals surface area contributed by atoms with Crippen LogP contribution in [0.5, 0.6) is 0 Å². The van der Waals surface area contributed by atoms with E-state index in [-0.39, 0.29) is 11.5 Å². The number of nitrogens with one attached hydrogen (secondary N) is 2. The van der Waals surface area contributed by atoms with Gasteiger partial charge in [0.15, 0.2) is 0 Å². The number of H-pyrrole nitrogens is 1. The lowest BCUT2D eigenvalue weighted by molar-refractivity contribution is 0.0958. The number of hydrogen-bond donors (Lipinski definition) is 2. The largest absolute Gasteiger partial charge is 0.364 e. The van der Waals surface area contributed by atoms with E-state index in [0.717, 1.165) is 53.0 Å². The third kappa shape index (κ3) is 3.68. The number of rotatable bonds is 5. The second kappa shape index (κ2) is 8.26. The van der Waals surface area contributed by atoms with Crippen molar-refractivity contribution >= 4 is 22.6 Å². The Hall–Kier alpha value is -3.26. The predicted octanol–water partition coefficient (Wildman–Crippen LogP) is 2.26. The van der Waals surface area contributed by atoms with Crippen molar-refractivity contribution in [3.8, 4) is 0 Å². The van der Waals surface area contributed by atoms with Crippen LogP contribution < -0.4 is 15.8 Å². The molecule has 2 aliphatic rings. The number of aromatic amines is 1. The first-order valence-electron chi connectivity index (χ1n) is 11.6. The molecule has 3 atom stereocenters. The third-order valence-electron chi connectivity index (χ3n) is 7.30. The van der Waals surface area contributed by atoms with E-state index in [9.17, 15) is 9.59 Å². The lowest BCUT2D eigenvalue weighted by atomic mass is 10.1. The third-order valence-corrected chi connectivity index (χ3v) is 7.30. The summed E-state index contributed by atoms with van der Waals surface area (Å²) in [5.74, 6) is 0.377. The van der Waals surface area contributed by atoms with Crippen molar-refractivity contribution < 1.29 is 4.79 Å². The Bertz CT molecular complexity index is 1270. The van der Waals surface area contributed by atoms with Crippen LogP contribution in [0, 0.1) is 12.8 Å². The number of anilines is 1. The second-order valence-corrected chi connectivity index (χ2v) is 9.13. The molecule has 2 fully saturated rings. The van der Waals surface area contributed by atoms with E-state index >= 15 is 0 Å². The van der Waals surface area contributed by atoms with Crippen LogP contribution in [0.3, 0.4) is 0 Å². The Morgan fingerprint density at radius 1 is 1.18 bits per heavy atom. The summed E-state index contributed by atoms with van der Waals surface area (Å²) in [6.07, 6.45) is 4.47. The number of hydrogen-bond acceptors (Lipinski definition) is 6. The Balaban J connectivity index is 1.34. The van der Waals surface area contributed by atoms with Gasteiger partial charge >= 0.3 is 0 Å². The molecule has 0 spiro atoms. The molecule has 1 saturated heterocycles. The van der Waals surface area contributed by atoms with Gasteiger partial charge in [0.25, 0.3) is 11.5 Å². The number of aromatic nitrogens is 3. The van der Waals surface area contributed by atoms with Crippen molar-refractivity contribution in [2.24, 2.45) is 5.92 Å². The SMILES string of the molecule is CCc1cc2ncc(CN3CCN(c4ccc(C(=O)NC)nc4)[C@H]4[C@@H](C)[C@H]43)c(C)c2[nH]c1=O. The number of carbonyl (C=O) groups excluding carboxylic acids is 1. The van der Waals surface area contributed by atoms with Crippen LogP contribution in [-0.2, 0) is 13.0 Å². The van der Waals surface area contributed by atoms with E-state index in [0.29, 0.717) is 30.1 Å². The highest BCUT2D eigenvalue weighted by Crippen LogP contribution is 2.45. The maximum atomic E-state index is 12.3. The number of carbonyl (C=O) groups is 1. The summed E-state index contributed by atoms with van der Waals surface area (Å²) in [4.78, 5) is 41.1. The van der Waals surface area contributed by atoms with Gasteiger partial charge in [0.1, 0.15) is 5.69 Å². The topological polar surface area (TPSA) is 94.2 Å². The Morgan fingerprint density at radius 3 is 2.70 bits per heavy atom. The van der Waals surface area contributed by atoms with Crippen molar-refractivity contribution in [1.82, 2.24) is 25.2 Å². The second-order valence-electron chi connectivity index (χ2n) is 9.13. The van der Waals surface area contributed by atoms with Crippen LogP contribution in [0.15, 0.2) is 35.4 Å². The van der Waals surface area contributed by atoms with Crippen LogP contribution in [0.4, 0.5) is 5.69 Å². The van der Waals surface area contributed by atoms with Crippen molar-refractivity contribution in [3.63, 3.8) is 0 Å². The molecule has 33 heavy (non-hydrogen) atoms. The van der Waals surface area contributed by atoms with Crippen LogP contribution in [0.25, 0.3) is 11.0 Å². The molecule has 4 heterocycles. The van der Waals surface area contributed by atoms with Crippen LogP contribution in [0.1, 0.15) is 41.0 Å². The van der Waals surface area contributed by atoms with Crippen molar-refractivity contribution in [2.75, 3.05) is 25.0 Å². The fraction of sp³-hybridized carbons (Fsp3) is 0.440. The molecular formula is C25H30N6O2. The van der Waals surface area contributed by atoms with E-state index in [4.69, 9.17) is 0 Å². The number of piperazine rings is 1. The Kier molecular flexibility index (Phi) is 5.40. The van der Waals surface area contributed by atoms with Gasteiger partial charge in [-0.25, -0.2) is 4.98 Å². The van der Waals surface area contributed by atoms with Gasteiger partial charge in [0.2, 0.25) is 0 Å². The Labute approximate surface area is 193 Å². The smallest absolute Gasteiger partial charge is 0.269 e. The first-order chi connectivity index (χ1) is 15.9. The van der Waals surface area contributed by atoms with Gasteiger partial charge in [0.05, 0.1) is 22.9 Å². The van der Waals surface area contributed by atoms with E-state index in [2.05, 4.69) is 43.9 Å². The minimum atomic E-state index is -0.171. The van der Waals surface area contributed by atoms with Gasteiger partial charge in [-0.3, -0.25) is 19.5 Å². The molecule has 0 bridgehead atoms. The van der Waals surface area contributed by atoms with Gasteiger partial charge in [-0.2, -0.15) is 0 Å². The average molecular weight is 447 g/mol. The van der Waals surface area contributed by atoms with E-state index < -0.39 is 0 Å². The number of fused-ring (bicyclic) bond motifs is 2. The molecule has 8 heteroatoms. The number of aryl methyl sites for hydroxylation is 2. The first-order valence-corrected chi connectivity index (χ1v) is 11.6. The predicted molar refractivity (Wildman–Crippen MR) is 129 cm³/mol. The van der Waals surface area contributed by atoms with Crippen molar-refractivity contribution in [1.29, 1.82) is 0 Å². The summed E-state index contributed by atoms with van der Waals surface area (Å²) >= 11 is 0. The molecule has 1 amide bonds. The number of nitrogens with zero attached hydrogens (tertiary/aromatic N) is 4. The number of amides is 1. The lowest BCUT2D eigenvalue weighted by Gasteiger charge is -2.35. The molecule has 3 aromatic heterocycles. The van der Waals surface area contributed by atoms with Crippen molar-refractivity contribution in [2.45, 2.75) is 45.8 Å². The maximum Gasteiger partial charge on any atom is 0.269 e. The minimum absolute atomic E-state index is 0.0208. The summed E-state index contributed by atoms with van der Waals surface area (Å²) < 4.78 is 0. The molecule has 0 unspecified atom stereocenters. The zero-order chi connectivity index (χ0) is 23.3. The highest BCUT2D eigenvalue weighted by Gasteiger charge is 2.56. The first kappa shape index (κ1) is 21.6. The molecule has 172 valence electrons. The quantitative estimate of drug-likeness (QED) is 0.624. The number of pyridine rings is 3. The molecule has 2 N–H and O–H groups in total. The minimum Gasteiger partial charge on any atom is -0.364 e. The summed E-state index contributed by atoms with van der Waals surface area (Å²) in [6.45, 7) is 9.01. The normalized spacial score (nSPS) is 22.3. The van der Waals surface area contributed by atoms with Gasteiger partial charge < -0.3 is 15.2 Å². The van der Waals surface area contributed by atoms with E-state index in [1.807, 2.05) is 25.3 Å². The molecule has 5 rings (SSSR count). The summed E-state index contributed by atoms with van der Waals surface area (Å²) in [6, 6.07) is 6.60. The van der Waals surface area contributed by atoms with Crippen LogP contribution >= 0.6 is 0 Å². The van der Waals surface area contributed by atoms with Crippen LogP contribution in [0.2, 0.25) is 0 Å². The van der Waals surface area contributed by atoms with Gasteiger partial charge in [-0.15, -0.1) is 0 Å². The highest BCUT2D eigenvalue weighted by atomic mass is 16.1. The molecule has 8 nitrogen and oxygen atoms in total. The molecule has 0 radical (unpaired) electrons. The molecular weight excluding hydrogens is 416 g/mol. The Morgan fingerprint density at radius 2 is 2.00 bits per heavy atom. The lowest BCUT2D eigenvalue weighted by Crippen LogP contribution is -2.46. The van der Waals surface area contributed by atoms with Gasteiger partial charge in [-0.1, -0.05) is 13.8 Å². The summed E-state index contributed by atoms with van der Waals surface area (Å²) in [5, 5.41) is 2.61. The van der Waals surface area contributed by atoms with E-state index in [1.54, 1.807) is 19.3 Å². The van der Waals surface area contributed by atoms with Gasteiger partial charge in [-0.05, 0) is 48.6 Å². The van der Waals surface area contributed by atoms with E-state index in [1.165, 1.54) is 0 Å². The molecule has 1 aliphatic heterocycles. The molecule has 1 aliphatic carbocycles. The van der Waals surface area contributed by atoms with Crippen LogP contribution in [-0.4, -0.2) is 58.0 Å². The fourth-order valence-corrected chi connectivity index (χ4v) is 5.27. The maximum absolute atomic E-state index is 12.3. The average Bonchev–Trinajstić information content (AvgIpc) is 3.52.